The van der Waals surface area contributed by atoms with Gasteiger partial charge in [0.15, 0.2) is 11.6 Å². The molecular formula is C16H15ClF3N. The van der Waals surface area contributed by atoms with E-state index in [-0.39, 0.29) is 22.2 Å². The van der Waals surface area contributed by atoms with Gasteiger partial charge in [0, 0.05) is 23.7 Å². The Bertz CT molecular complexity index is 656. The number of benzene rings is 2. The number of rotatable bonds is 4. The molecule has 0 saturated carbocycles. The number of hydrogen-bond acceptors (Lipinski definition) is 1. The Kier molecular flexibility index (Phi) is 4.91. The molecule has 0 spiro atoms. The Labute approximate surface area is 126 Å². The van der Waals surface area contributed by atoms with E-state index in [9.17, 15) is 13.2 Å². The van der Waals surface area contributed by atoms with Gasteiger partial charge >= 0.3 is 0 Å². The highest BCUT2D eigenvalue weighted by Gasteiger charge is 2.14. The first kappa shape index (κ1) is 15.9. The van der Waals surface area contributed by atoms with E-state index >= 15 is 0 Å². The minimum atomic E-state index is -1.06. The lowest BCUT2D eigenvalue weighted by Gasteiger charge is -2.11. The van der Waals surface area contributed by atoms with Gasteiger partial charge in [0.2, 0.25) is 0 Å². The predicted octanol–water partition coefficient (Wildman–Crippen LogP) is 4.92. The maximum Gasteiger partial charge on any atom is 0.160 e. The molecule has 0 aliphatic rings. The van der Waals surface area contributed by atoms with Gasteiger partial charge in [-0.15, -0.1) is 0 Å². The number of halogens is 4. The lowest BCUT2D eigenvalue weighted by Crippen LogP contribution is -2.21. The second-order valence-electron chi connectivity index (χ2n) is 5.10. The molecule has 5 heteroatoms. The van der Waals surface area contributed by atoms with Gasteiger partial charge in [-0.3, -0.25) is 0 Å². The van der Waals surface area contributed by atoms with Crippen molar-refractivity contribution in [2.45, 2.75) is 26.4 Å². The third-order valence-electron chi connectivity index (χ3n) is 3.05. The van der Waals surface area contributed by atoms with Crippen LogP contribution in [0.4, 0.5) is 13.2 Å². The fourth-order valence-electron chi connectivity index (χ4n) is 1.94. The second-order valence-corrected chi connectivity index (χ2v) is 5.50. The van der Waals surface area contributed by atoms with E-state index in [4.69, 9.17) is 11.6 Å². The van der Waals surface area contributed by atoms with E-state index in [1.165, 1.54) is 12.1 Å². The molecule has 1 nitrogen and oxygen atoms in total. The van der Waals surface area contributed by atoms with Gasteiger partial charge in [-0.2, -0.15) is 0 Å². The summed E-state index contributed by atoms with van der Waals surface area (Å²) in [6.45, 7) is 4.51. The molecule has 0 unspecified atom stereocenters. The third-order valence-corrected chi connectivity index (χ3v) is 3.36. The van der Waals surface area contributed by atoms with E-state index < -0.39 is 17.5 Å². The van der Waals surface area contributed by atoms with E-state index in [1.54, 1.807) is 6.07 Å². The maximum atomic E-state index is 14.2. The smallest absolute Gasteiger partial charge is 0.160 e. The molecule has 0 aliphatic heterocycles. The van der Waals surface area contributed by atoms with Crippen molar-refractivity contribution >= 4 is 11.6 Å². The summed E-state index contributed by atoms with van der Waals surface area (Å²) in [4.78, 5) is 0. The summed E-state index contributed by atoms with van der Waals surface area (Å²) in [5.41, 5.74) is 1.05. The van der Waals surface area contributed by atoms with Crippen LogP contribution in [0.3, 0.4) is 0 Å². The largest absolute Gasteiger partial charge is 0.310 e. The van der Waals surface area contributed by atoms with Crippen molar-refractivity contribution in [1.82, 2.24) is 5.32 Å². The van der Waals surface area contributed by atoms with Gasteiger partial charge < -0.3 is 5.32 Å². The van der Waals surface area contributed by atoms with E-state index in [0.29, 0.717) is 6.54 Å². The van der Waals surface area contributed by atoms with Crippen molar-refractivity contribution in [2.75, 3.05) is 0 Å². The molecule has 112 valence electrons. The summed E-state index contributed by atoms with van der Waals surface area (Å²) < 4.78 is 40.5. The summed E-state index contributed by atoms with van der Waals surface area (Å²) in [6.07, 6.45) is 0. The van der Waals surface area contributed by atoms with Crippen LogP contribution in [0.1, 0.15) is 19.4 Å². The van der Waals surface area contributed by atoms with Crippen molar-refractivity contribution in [2.24, 2.45) is 0 Å². The van der Waals surface area contributed by atoms with Crippen LogP contribution in [0.15, 0.2) is 30.3 Å². The van der Waals surface area contributed by atoms with Gasteiger partial charge in [-0.1, -0.05) is 37.6 Å². The Morgan fingerprint density at radius 2 is 1.62 bits per heavy atom. The Morgan fingerprint density at radius 1 is 0.952 bits per heavy atom. The molecule has 0 bridgehead atoms. The van der Waals surface area contributed by atoms with Gasteiger partial charge in [0.1, 0.15) is 5.82 Å². The fourth-order valence-corrected chi connectivity index (χ4v) is 2.19. The molecule has 2 aromatic carbocycles. The minimum absolute atomic E-state index is 0.0270. The van der Waals surface area contributed by atoms with Crippen molar-refractivity contribution in [3.05, 3.63) is 58.4 Å². The number of nitrogens with one attached hydrogen (secondary N) is 1. The molecule has 0 fully saturated rings. The molecule has 0 heterocycles. The van der Waals surface area contributed by atoms with Gasteiger partial charge in [0.25, 0.3) is 0 Å². The summed E-state index contributed by atoms with van der Waals surface area (Å²) in [7, 11) is 0. The van der Waals surface area contributed by atoms with Crippen LogP contribution in [-0.2, 0) is 6.54 Å². The third kappa shape index (κ3) is 3.77. The van der Waals surface area contributed by atoms with Crippen LogP contribution >= 0.6 is 11.6 Å². The summed E-state index contributed by atoms with van der Waals surface area (Å²) >= 11 is 5.86. The first-order valence-electron chi connectivity index (χ1n) is 6.55. The zero-order chi connectivity index (χ0) is 15.6. The summed E-state index contributed by atoms with van der Waals surface area (Å²) in [6, 6.07) is 6.65. The van der Waals surface area contributed by atoms with Gasteiger partial charge in [-0.25, -0.2) is 13.2 Å². The average Bonchev–Trinajstić information content (AvgIpc) is 2.41. The van der Waals surface area contributed by atoms with E-state index in [1.807, 2.05) is 13.8 Å². The average molecular weight is 314 g/mol. The molecule has 0 amide bonds. The predicted molar refractivity (Wildman–Crippen MR) is 78.7 cm³/mol. The Morgan fingerprint density at radius 3 is 2.24 bits per heavy atom. The lowest BCUT2D eigenvalue weighted by atomic mass is 10.0. The van der Waals surface area contributed by atoms with Crippen molar-refractivity contribution in [1.29, 1.82) is 0 Å². The van der Waals surface area contributed by atoms with Crippen molar-refractivity contribution < 1.29 is 13.2 Å². The molecule has 0 atom stereocenters. The SMILES string of the molecule is CC(C)NCc1ccc(-c2cc(F)c(F)cc2Cl)c(F)c1. The highest BCUT2D eigenvalue weighted by Crippen LogP contribution is 2.32. The summed E-state index contributed by atoms with van der Waals surface area (Å²) in [5.74, 6) is -2.63. The van der Waals surface area contributed by atoms with Crippen LogP contribution in [0.5, 0.6) is 0 Å². The maximum absolute atomic E-state index is 14.2. The Balaban J connectivity index is 2.35. The quantitative estimate of drug-likeness (QED) is 0.790. The van der Waals surface area contributed by atoms with Crippen LogP contribution in [0, 0.1) is 17.5 Å². The molecule has 0 aliphatic carbocycles. The van der Waals surface area contributed by atoms with Crippen molar-refractivity contribution in [3.8, 4) is 11.1 Å². The minimum Gasteiger partial charge on any atom is -0.310 e. The zero-order valence-electron chi connectivity index (χ0n) is 11.7. The van der Waals surface area contributed by atoms with Gasteiger partial charge in [-0.05, 0) is 23.8 Å². The summed E-state index contributed by atoms with van der Waals surface area (Å²) in [5, 5.41) is 3.15. The number of hydrogen-bond donors (Lipinski definition) is 1. The molecule has 2 rings (SSSR count). The molecule has 21 heavy (non-hydrogen) atoms. The highest BCUT2D eigenvalue weighted by atomic mass is 35.5. The molecule has 1 N–H and O–H groups in total. The van der Waals surface area contributed by atoms with Crippen LogP contribution in [0.2, 0.25) is 5.02 Å². The first-order chi connectivity index (χ1) is 9.88. The van der Waals surface area contributed by atoms with Gasteiger partial charge in [0.05, 0.1) is 5.02 Å². The van der Waals surface area contributed by atoms with Crippen LogP contribution < -0.4 is 5.32 Å². The fraction of sp³-hybridized carbons (Fsp3) is 0.250. The molecule has 0 saturated heterocycles. The molecule has 0 aromatic heterocycles. The molecule has 2 aromatic rings. The monoisotopic (exact) mass is 313 g/mol. The highest BCUT2D eigenvalue weighted by molar-refractivity contribution is 6.33. The normalized spacial score (nSPS) is 11.2. The van der Waals surface area contributed by atoms with Crippen LogP contribution in [-0.4, -0.2) is 6.04 Å². The lowest BCUT2D eigenvalue weighted by molar-refractivity contribution is 0.509. The van der Waals surface area contributed by atoms with Crippen molar-refractivity contribution in [3.63, 3.8) is 0 Å². The van der Waals surface area contributed by atoms with Crippen LogP contribution in [0.25, 0.3) is 11.1 Å². The van der Waals surface area contributed by atoms with E-state index in [2.05, 4.69) is 5.32 Å². The molecular weight excluding hydrogens is 299 g/mol. The van der Waals surface area contributed by atoms with E-state index in [0.717, 1.165) is 17.7 Å². The Hall–Kier alpha value is -1.52. The molecule has 0 radical (unpaired) electrons. The zero-order valence-corrected chi connectivity index (χ0v) is 12.4. The second kappa shape index (κ2) is 6.50. The first-order valence-corrected chi connectivity index (χ1v) is 6.93. The standard InChI is InChI=1S/C16H15ClF3N/c1-9(2)21-8-10-3-4-11(14(18)5-10)12-6-15(19)16(20)7-13(12)17/h3-7,9,21H,8H2,1-2H3. The topological polar surface area (TPSA) is 12.0 Å².